The van der Waals surface area contributed by atoms with Gasteiger partial charge in [-0.3, -0.25) is 0 Å². The van der Waals surface area contributed by atoms with Gasteiger partial charge in [-0.1, -0.05) is 42.5 Å². The minimum Gasteiger partial charge on any atom is -0.357 e. The lowest BCUT2D eigenvalue weighted by Crippen LogP contribution is -2.27. The first-order valence-corrected chi connectivity index (χ1v) is 7.27. The molecule has 0 amide bonds. The van der Waals surface area contributed by atoms with E-state index in [1.165, 1.54) is 33.3 Å². The fourth-order valence-electron chi connectivity index (χ4n) is 3.34. The van der Waals surface area contributed by atoms with E-state index in [1.54, 1.807) is 0 Å². The van der Waals surface area contributed by atoms with Crippen molar-refractivity contribution in [3.8, 4) is 11.1 Å². The summed E-state index contributed by atoms with van der Waals surface area (Å²) in [6.45, 7) is 3.29. The van der Waals surface area contributed by atoms with Gasteiger partial charge in [0.1, 0.15) is 0 Å². The SMILES string of the molecule is C[C@H]1NCCc2c1[nH]c1cccc(-c3ccccc3)c21. The third-order valence-corrected chi connectivity index (χ3v) is 4.30. The zero-order valence-corrected chi connectivity index (χ0v) is 11.6. The van der Waals surface area contributed by atoms with Crippen molar-refractivity contribution in [2.75, 3.05) is 6.54 Å². The Morgan fingerprint density at radius 2 is 1.85 bits per heavy atom. The van der Waals surface area contributed by atoms with E-state index in [4.69, 9.17) is 0 Å². The number of aromatic amines is 1. The van der Waals surface area contributed by atoms with Gasteiger partial charge < -0.3 is 10.3 Å². The molecule has 2 nitrogen and oxygen atoms in total. The minimum absolute atomic E-state index is 0.412. The van der Waals surface area contributed by atoms with Crippen LogP contribution in [0.15, 0.2) is 48.5 Å². The summed E-state index contributed by atoms with van der Waals surface area (Å²) in [6.07, 6.45) is 1.10. The van der Waals surface area contributed by atoms with Crippen LogP contribution >= 0.6 is 0 Å². The van der Waals surface area contributed by atoms with Crippen molar-refractivity contribution >= 4 is 10.9 Å². The molecule has 0 bridgehead atoms. The van der Waals surface area contributed by atoms with Crippen LogP contribution in [0.2, 0.25) is 0 Å². The number of rotatable bonds is 1. The lowest BCUT2D eigenvalue weighted by molar-refractivity contribution is 0.533. The zero-order valence-electron chi connectivity index (χ0n) is 11.6. The molecule has 0 saturated carbocycles. The number of nitrogens with one attached hydrogen (secondary N) is 2. The first-order chi connectivity index (χ1) is 9.84. The fraction of sp³-hybridized carbons (Fsp3) is 0.222. The predicted octanol–water partition coefficient (Wildman–Crippen LogP) is 4.04. The van der Waals surface area contributed by atoms with Gasteiger partial charge in [-0.15, -0.1) is 0 Å². The van der Waals surface area contributed by atoms with E-state index in [9.17, 15) is 0 Å². The molecule has 0 fully saturated rings. The van der Waals surface area contributed by atoms with E-state index in [0.29, 0.717) is 6.04 Å². The maximum atomic E-state index is 3.61. The molecule has 2 heteroatoms. The first kappa shape index (κ1) is 11.7. The van der Waals surface area contributed by atoms with E-state index >= 15 is 0 Å². The molecular formula is C18H18N2. The number of hydrogen-bond donors (Lipinski definition) is 2. The van der Waals surface area contributed by atoms with Crippen LogP contribution in [0, 0.1) is 0 Å². The number of fused-ring (bicyclic) bond motifs is 3. The Morgan fingerprint density at radius 1 is 1.00 bits per heavy atom. The van der Waals surface area contributed by atoms with Gasteiger partial charge in [-0.05, 0) is 42.6 Å². The quantitative estimate of drug-likeness (QED) is 0.680. The molecule has 0 spiro atoms. The fourth-order valence-corrected chi connectivity index (χ4v) is 3.34. The number of H-pyrrole nitrogens is 1. The Hall–Kier alpha value is -2.06. The summed E-state index contributed by atoms with van der Waals surface area (Å²) in [5.41, 5.74) is 6.74. The van der Waals surface area contributed by atoms with Crippen LogP contribution in [0.5, 0.6) is 0 Å². The Balaban J connectivity index is 2.03. The van der Waals surface area contributed by atoms with Gasteiger partial charge in [-0.25, -0.2) is 0 Å². The number of hydrogen-bond acceptors (Lipinski definition) is 1. The molecule has 2 heterocycles. The number of aromatic nitrogens is 1. The Bertz CT molecular complexity index is 756. The maximum Gasteiger partial charge on any atom is 0.0465 e. The largest absolute Gasteiger partial charge is 0.357 e. The van der Waals surface area contributed by atoms with Gasteiger partial charge in [-0.2, -0.15) is 0 Å². The van der Waals surface area contributed by atoms with Crippen molar-refractivity contribution in [3.63, 3.8) is 0 Å². The van der Waals surface area contributed by atoms with Gasteiger partial charge in [0.25, 0.3) is 0 Å². The molecular weight excluding hydrogens is 244 g/mol. The van der Waals surface area contributed by atoms with E-state index in [2.05, 4.69) is 65.8 Å². The minimum atomic E-state index is 0.412. The molecule has 0 aliphatic carbocycles. The van der Waals surface area contributed by atoms with Crippen molar-refractivity contribution in [1.29, 1.82) is 0 Å². The summed E-state index contributed by atoms with van der Waals surface area (Å²) >= 11 is 0. The van der Waals surface area contributed by atoms with Crippen molar-refractivity contribution in [2.45, 2.75) is 19.4 Å². The normalized spacial score (nSPS) is 18.1. The van der Waals surface area contributed by atoms with Crippen LogP contribution in [0.1, 0.15) is 24.2 Å². The average Bonchev–Trinajstić information content (AvgIpc) is 2.88. The van der Waals surface area contributed by atoms with Crippen LogP contribution in [0.3, 0.4) is 0 Å². The topological polar surface area (TPSA) is 27.8 Å². The Labute approximate surface area is 118 Å². The van der Waals surface area contributed by atoms with Crippen molar-refractivity contribution in [2.24, 2.45) is 0 Å². The highest BCUT2D eigenvalue weighted by Gasteiger charge is 2.22. The highest BCUT2D eigenvalue weighted by molar-refractivity contribution is 5.98. The lowest BCUT2D eigenvalue weighted by atomic mass is 9.94. The molecule has 2 aromatic carbocycles. The summed E-state index contributed by atoms with van der Waals surface area (Å²) in [4.78, 5) is 3.61. The second-order valence-corrected chi connectivity index (χ2v) is 5.54. The van der Waals surface area contributed by atoms with E-state index in [-0.39, 0.29) is 0 Å². The molecule has 100 valence electrons. The van der Waals surface area contributed by atoms with Gasteiger partial charge in [0.05, 0.1) is 0 Å². The molecule has 0 radical (unpaired) electrons. The molecule has 1 aliphatic rings. The van der Waals surface area contributed by atoms with Crippen LogP contribution in [0.4, 0.5) is 0 Å². The molecule has 4 rings (SSSR count). The van der Waals surface area contributed by atoms with Crippen molar-refractivity contribution in [1.82, 2.24) is 10.3 Å². The average molecular weight is 262 g/mol. The molecule has 1 aromatic heterocycles. The molecule has 1 atom stereocenters. The van der Waals surface area contributed by atoms with Gasteiger partial charge in [0, 0.05) is 22.6 Å². The number of benzene rings is 2. The van der Waals surface area contributed by atoms with E-state index in [1.807, 2.05) is 0 Å². The van der Waals surface area contributed by atoms with Crippen LogP contribution in [0.25, 0.3) is 22.0 Å². The maximum absolute atomic E-state index is 3.61. The van der Waals surface area contributed by atoms with Crippen LogP contribution in [-0.2, 0) is 6.42 Å². The Kier molecular flexibility index (Phi) is 2.64. The first-order valence-electron chi connectivity index (χ1n) is 7.27. The van der Waals surface area contributed by atoms with Crippen LogP contribution < -0.4 is 5.32 Å². The summed E-state index contributed by atoms with van der Waals surface area (Å²) in [5.74, 6) is 0. The van der Waals surface area contributed by atoms with Gasteiger partial charge in [0.2, 0.25) is 0 Å². The van der Waals surface area contributed by atoms with Crippen molar-refractivity contribution in [3.05, 3.63) is 59.8 Å². The second kappa shape index (κ2) is 4.50. The lowest BCUT2D eigenvalue weighted by Gasteiger charge is -2.20. The molecule has 3 aromatic rings. The van der Waals surface area contributed by atoms with E-state index < -0.39 is 0 Å². The monoisotopic (exact) mass is 262 g/mol. The Morgan fingerprint density at radius 3 is 2.70 bits per heavy atom. The molecule has 20 heavy (non-hydrogen) atoms. The van der Waals surface area contributed by atoms with E-state index in [0.717, 1.165) is 13.0 Å². The molecule has 0 saturated heterocycles. The smallest absolute Gasteiger partial charge is 0.0465 e. The third kappa shape index (κ3) is 1.69. The van der Waals surface area contributed by atoms with Crippen LogP contribution in [-0.4, -0.2) is 11.5 Å². The summed E-state index contributed by atoms with van der Waals surface area (Å²) < 4.78 is 0. The molecule has 1 aliphatic heterocycles. The van der Waals surface area contributed by atoms with Crippen molar-refractivity contribution < 1.29 is 0 Å². The predicted molar refractivity (Wildman–Crippen MR) is 83.9 cm³/mol. The summed E-state index contributed by atoms with van der Waals surface area (Å²) in [7, 11) is 0. The summed E-state index contributed by atoms with van der Waals surface area (Å²) in [5, 5.41) is 4.93. The molecule has 0 unspecified atom stereocenters. The standard InChI is InChI=1S/C18H18N2/c1-12-18-15(10-11-19-12)17-14(8-5-9-16(17)20-18)13-6-3-2-4-7-13/h2-9,12,19-20H,10-11H2,1H3/t12-/m1/s1. The highest BCUT2D eigenvalue weighted by atomic mass is 15.0. The zero-order chi connectivity index (χ0) is 13.5. The second-order valence-electron chi connectivity index (χ2n) is 5.54. The third-order valence-electron chi connectivity index (χ3n) is 4.30. The van der Waals surface area contributed by atoms with Gasteiger partial charge in [0.15, 0.2) is 0 Å². The molecule has 2 N–H and O–H groups in total. The highest BCUT2D eigenvalue weighted by Crippen LogP contribution is 2.36. The summed E-state index contributed by atoms with van der Waals surface area (Å²) in [6, 6.07) is 17.7. The van der Waals surface area contributed by atoms with Gasteiger partial charge >= 0.3 is 0 Å².